The van der Waals surface area contributed by atoms with E-state index in [1.165, 1.54) is 0 Å². The zero-order chi connectivity index (χ0) is 18.4. The van der Waals surface area contributed by atoms with E-state index in [-0.39, 0.29) is 0 Å². The van der Waals surface area contributed by atoms with Crippen molar-refractivity contribution >= 4 is 11.8 Å². The summed E-state index contributed by atoms with van der Waals surface area (Å²) in [5, 5.41) is 3.59. The number of hydrogen-bond acceptors (Lipinski definition) is 5. The van der Waals surface area contributed by atoms with Crippen LogP contribution in [0.5, 0.6) is 0 Å². The van der Waals surface area contributed by atoms with Gasteiger partial charge in [0.15, 0.2) is 5.96 Å². The van der Waals surface area contributed by atoms with Gasteiger partial charge in [0.25, 0.3) is 0 Å². The molecule has 3 heterocycles. The zero-order valence-corrected chi connectivity index (χ0v) is 16.4. The molecule has 1 aromatic heterocycles. The number of nitrogens with one attached hydrogen (secondary N) is 1. The topological polar surface area (TPSA) is 50.2 Å². The van der Waals surface area contributed by atoms with Crippen molar-refractivity contribution in [3.05, 3.63) is 24.4 Å². The molecule has 3 rings (SSSR count). The maximum Gasteiger partial charge on any atom is 0.193 e. The number of anilines is 1. The molecular weight excluding hydrogens is 326 g/mol. The molecule has 0 aromatic carbocycles. The predicted molar refractivity (Wildman–Crippen MR) is 108 cm³/mol. The van der Waals surface area contributed by atoms with Crippen molar-refractivity contribution in [2.75, 3.05) is 77.9 Å². The Hall–Kier alpha value is -1.86. The van der Waals surface area contributed by atoms with Gasteiger partial charge in [0.2, 0.25) is 0 Å². The second-order valence-electron chi connectivity index (χ2n) is 7.28. The second kappa shape index (κ2) is 9.19. The maximum atomic E-state index is 4.51. The molecule has 26 heavy (non-hydrogen) atoms. The summed E-state index contributed by atoms with van der Waals surface area (Å²) < 4.78 is 0. The first kappa shape index (κ1) is 18.9. The summed E-state index contributed by atoms with van der Waals surface area (Å²) in [6.45, 7) is 11.8. The van der Waals surface area contributed by atoms with Crippen LogP contribution in [0.3, 0.4) is 0 Å². The van der Waals surface area contributed by atoms with Crippen molar-refractivity contribution in [3.63, 3.8) is 0 Å². The monoisotopic (exact) mass is 359 g/mol. The summed E-state index contributed by atoms with van der Waals surface area (Å²) in [7, 11) is 4.08. The highest BCUT2D eigenvalue weighted by Gasteiger charge is 2.22. The van der Waals surface area contributed by atoms with E-state index in [4.69, 9.17) is 0 Å². The number of aliphatic imine (C=N–C) groups is 1. The molecule has 7 nitrogen and oxygen atoms in total. The van der Waals surface area contributed by atoms with Gasteiger partial charge in [-0.25, -0.2) is 4.98 Å². The maximum absolute atomic E-state index is 4.51. The highest BCUT2D eigenvalue weighted by molar-refractivity contribution is 5.80. The van der Waals surface area contributed by atoms with Crippen molar-refractivity contribution < 1.29 is 0 Å². The van der Waals surface area contributed by atoms with Gasteiger partial charge in [-0.3, -0.25) is 9.89 Å². The van der Waals surface area contributed by atoms with Gasteiger partial charge in [0.05, 0.1) is 0 Å². The Bertz CT molecular complexity index is 561. The molecule has 7 heteroatoms. The fraction of sp³-hybridized carbons (Fsp3) is 0.684. The smallest absolute Gasteiger partial charge is 0.193 e. The average molecular weight is 360 g/mol. The predicted octanol–water partition coefficient (Wildman–Crippen LogP) is 0.415. The van der Waals surface area contributed by atoms with Crippen molar-refractivity contribution in [1.82, 2.24) is 25.0 Å². The first-order valence-corrected chi connectivity index (χ1v) is 9.71. The van der Waals surface area contributed by atoms with Crippen LogP contribution < -0.4 is 10.2 Å². The van der Waals surface area contributed by atoms with Gasteiger partial charge in [0, 0.05) is 78.2 Å². The Labute approximate surface area is 157 Å². The summed E-state index contributed by atoms with van der Waals surface area (Å²) in [6, 6.07) is 6.62. The van der Waals surface area contributed by atoms with Crippen molar-refractivity contribution in [1.29, 1.82) is 0 Å². The molecule has 0 radical (unpaired) electrons. The molecule has 1 aromatic rings. The lowest BCUT2D eigenvalue weighted by atomic mass is 10.2. The van der Waals surface area contributed by atoms with Gasteiger partial charge < -0.3 is 20.0 Å². The molecule has 1 N–H and O–H groups in total. The van der Waals surface area contributed by atoms with Gasteiger partial charge >= 0.3 is 0 Å². The van der Waals surface area contributed by atoms with Crippen LogP contribution in [0, 0.1) is 0 Å². The lowest BCUT2D eigenvalue weighted by molar-refractivity contribution is 0.119. The minimum atomic E-state index is 0.523. The van der Waals surface area contributed by atoms with Crippen LogP contribution in [0.4, 0.5) is 5.82 Å². The molecule has 0 aliphatic carbocycles. The Kier molecular flexibility index (Phi) is 6.68. The molecular formula is C19H33N7. The van der Waals surface area contributed by atoms with Crippen LogP contribution in [0.25, 0.3) is 0 Å². The Balaban J connectivity index is 1.45. The van der Waals surface area contributed by atoms with Gasteiger partial charge in [-0.15, -0.1) is 0 Å². The van der Waals surface area contributed by atoms with Gasteiger partial charge in [-0.05, 0) is 26.1 Å². The van der Waals surface area contributed by atoms with Gasteiger partial charge in [-0.2, -0.15) is 0 Å². The molecule has 1 atom stereocenters. The molecule has 144 valence electrons. The molecule has 2 saturated heterocycles. The van der Waals surface area contributed by atoms with Crippen molar-refractivity contribution in [2.45, 2.75) is 13.0 Å². The average Bonchev–Trinajstić information content (AvgIpc) is 2.70. The standard InChI is InChI=1S/C19H33N7/c1-17(24-10-8-23(3)9-11-24)16-22-19(20-2)26-14-12-25(13-15-26)18-6-4-5-7-21-18/h4-7,17H,8-16H2,1-3H3,(H,20,22). The molecule has 0 amide bonds. The van der Waals surface area contributed by atoms with Crippen LogP contribution in [0.15, 0.2) is 29.4 Å². The van der Waals surface area contributed by atoms with E-state index in [0.29, 0.717) is 6.04 Å². The number of nitrogens with zero attached hydrogens (tertiary/aromatic N) is 6. The molecule has 2 fully saturated rings. The van der Waals surface area contributed by atoms with E-state index in [1.807, 2.05) is 19.3 Å². The zero-order valence-electron chi connectivity index (χ0n) is 16.4. The summed E-state index contributed by atoms with van der Waals surface area (Å²) in [5.74, 6) is 2.09. The number of rotatable bonds is 4. The number of likely N-dealkylation sites (N-methyl/N-ethyl adjacent to an activating group) is 1. The third-order valence-corrected chi connectivity index (χ3v) is 5.48. The molecule has 0 bridgehead atoms. The summed E-state index contributed by atoms with van der Waals surface area (Å²) >= 11 is 0. The highest BCUT2D eigenvalue weighted by Crippen LogP contribution is 2.12. The van der Waals surface area contributed by atoms with E-state index in [2.05, 4.69) is 61.0 Å². The number of piperazine rings is 2. The molecule has 2 aliphatic rings. The SMILES string of the molecule is CN=C(NCC(C)N1CCN(C)CC1)N1CCN(c2ccccn2)CC1. The summed E-state index contributed by atoms with van der Waals surface area (Å²) in [5.41, 5.74) is 0. The van der Waals surface area contributed by atoms with Gasteiger partial charge in [-0.1, -0.05) is 6.07 Å². The lowest BCUT2D eigenvalue weighted by Crippen LogP contribution is -2.55. The largest absolute Gasteiger partial charge is 0.355 e. The van der Waals surface area contributed by atoms with Crippen LogP contribution >= 0.6 is 0 Å². The third-order valence-electron chi connectivity index (χ3n) is 5.48. The highest BCUT2D eigenvalue weighted by atomic mass is 15.4. The van der Waals surface area contributed by atoms with Crippen molar-refractivity contribution in [3.8, 4) is 0 Å². The van der Waals surface area contributed by atoms with E-state index in [1.54, 1.807) is 0 Å². The number of aromatic nitrogens is 1. The minimum absolute atomic E-state index is 0.523. The first-order valence-electron chi connectivity index (χ1n) is 9.71. The van der Waals surface area contributed by atoms with E-state index in [9.17, 15) is 0 Å². The first-order chi connectivity index (χ1) is 12.7. The van der Waals surface area contributed by atoms with Crippen LogP contribution in [-0.4, -0.2) is 105 Å². The number of hydrogen-bond donors (Lipinski definition) is 1. The second-order valence-corrected chi connectivity index (χ2v) is 7.28. The van der Waals surface area contributed by atoms with Crippen LogP contribution in [-0.2, 0) is 0 Å². The number of guanidine groups is 1. The quantitative estimate of drug-likeness (QED) is 0.621. The normalized spacial score (nSPS) is 21.7. The Morgan fingerprint density at radius 1 is 1.12 bits per heavy atom. The minimum Gasteiger partial charge on any atom is -0.355 e. The van der Waals surface area contributed by atoms with Crippen LogP contribution in [0.1, 0.15) is 6.92 Å². The molecule has 0 saturated carbocycles. The Morgan fingerprint density at radius 3 is 2.46 bits per heavy atom. The lowest BCUT2D eigenvalue weighted by Gasteiger charge is -2.39. The van der Waals surface area contributed by atoms with E-state index in [0.717, 1.165) is 70.7 Å². The fourth-order valence-electron chi connectivity index (χ4n) is 3.65. The molecule has 1 unspecified atom stereocenters. The van der Waals surface area contributed by atoms with E-state index >= 15 is 0 Å². The number of pyridine rings is 1. The fourth-order valence-corrected chi connectivity index (χ4v) is 3.65. The van der Waals surface area contributed by atoms with Crippen molar-refractivity contribution in [2.24, 2.45) is 4.99 Å². The summed E-state index contributed by atoms with van der Waals surface area (Å²) in [4.78, 5) is 18.6. The molecule has 0 spiro atoms. The van der Waals surface area contributed by atoms with Crippen LogP contribution in [0.2, 0.25) is 0 Å². The summed E-state index contributed by atoms with van der Waals surface area (Å²) in [6.07, 6.45) is 1.86. The molecule has 2 aliphatic heterocycles. The van der Waals surface area contributed by atoms with Gasteiger partial charge in [0.1, 0.15) is 5.82 Å². The van der Waals surface area contributed by atoms with E-state index < -0.39 is 0 Å². The third kappa shape index (κ3) is 4.86. The Morgan fingerprint density at radius 2 is 1.85 bits per heavy atom.